The number of rotatable bonds is 3. The molecule has 1 heterocycles. The van der Waals surface area contributed by atoms with Gasteiger partial charge in [0.25, 0.3) is 0 Å². The normalized spacial score (nSPS) is 13.3. The predicted octanol–water partition coefficient (Wildman–Crippen LogP) is 2.13. The van der Waals surface area contributed by atoms with E-state index in [0.717, 1.165) is 5.56 Å². The van der Waals surface area contributed by atoms with Crippen LogP contribution in [0.5, 0.6) is 11.5 Å². The maximum absolute atomic E-state index is 11.8. The van der Waals surface area contributed by atoms with Gasteiger partial charge in [-0.25, -0.2) is 0 Å². The minimum atomic E-state index is 0.0604. The van der Waals surface area contributed by atoms with Crippen molar-refractivity contribution < 1.29 is 14.3 Å². The molecule has 0 spiro atoms. The summed E-state index contributed by atoms with van der Waals surface area (Å²) in [5.74, 6) is 1.25. The molecule has 98 valence electrons. The van der Waals surface area contributed by atoms with E-state index in [2.05, 4.69) is 0 Å². The summed E-state index contributed by atoms with van der Waals surface area (Å²) in [7, 11) is 1.78. The van der Waals surface area contributed by atoms with Crippen molar-refractivity contribution in [3.63, 3.8) is 0 Å². The van der Waals surface area contributed by atoms with Gasteiger partial charge >= 0.3 is 0 Å². The van der Waals surface area contributed by atoms with E-state index in [1.54, 1.807) is 18.0 Å². The van der Waals surface area contributed by atoms with E-state index in [4.69, 9.17) is 21.1 Å². The molecule has 0 atom stereocenters. The average Bonchev–Trinajstić information content (AvgIpc) is 2.37. The number of carbonyl (C=O) groups excluding carboxylic acids is 1. The van der Waals surface area contributed by atoms with Crippen LogP contribution in [0.2, 0.25) is 5.02 Å². The molecule has 1 aromatic rings. The van der Waals surface area contributed by atoms with Gasteiger partial charge in [0.15, 0.2) is 11.5 Å². The minimum Gasteiger partial charge on any atom is -0.486 e. The molecule has 0 radical (unpaired) electrons. The van der Waals surface area contributed by atoms with Crippen LogP contribution in [0.3, 0.4) is 0 Å². The monoisotopic (exact) mass is 269 g/mol. The summed E-state index contributed by atoms with van der Waals surface area (Å²) in [5.41, 5.74) is 0.842. The lowest BCUT2D eigenvalue weighted by Gasteiger charge is -2.21. The minimum absolute atomic E-state index is 0.0604. The second kappa shape index (κ2) is 5.48. The van der Waals surface area contributed by atoms with Gasteiger partial charge in [-0.2, -0.15) is 0 Å². The lowest BCUT2D eigenvalue weighted by Crippen LogP contribution is -2.27. The Labute approximate surface area is 111 Å². The summed E-state index contributed by atoms with van der Waals surface area (Å²) in [4.78, 5) is 13.5. The zero-order chi connectivity index (χ0) is 13.1. The maximum atomic E-state index is 11.8. The van der Waals surface area contributed by atoms with E-state index in [-0.39, 0.29) is 5.91 Å². The molecular weight excluding hydrogens is 254 g/mol. The molecule has 1 amide bonds. The van der Waals surface area contributed by atoms with Crippen LogP contribution < -0.4 is 9.47 Å². The summed E-state index contributed by atoms with van der Waals surface area (Å²) in [6, 6.07) is 3.58. The topological polar surface area (TPSA) is 38.8 Å². The van der Waals surface area contributed by atoms with Crippen molar-refractivity contribution in [1.82, 2.24) is 4.90 Å². The first-order valence-corrected chi connectivity index (χ1v) is 6.31. The number of halogens is 1. The number of benzene rings is 1. The number of fused-ring (bicyclic) bond motifs is 1. The molecular formula is C13H16ClNO3. The number of ether oxygens (including phenoxy) is 2. The van der Waals surface area contributed by atoms with E-state index in [1.165, 1.54) is 0 Å². The van der Waals surface area contributed by atoms with Crippen LogP contribution in [-0.2, 0) is 11.2 Å². The molecule has 4 nitrogen and oxygen atoms in total. The fraction of sp³-hybridized carbons (Fsp3) is 0.462. The molecule has 18 heavy (non-hydrogen) atoms. The number of nitrogens with zero attached hydrogens (tertiary/aromatic N) is 1. The first kappa shape index (κ1) is 13.0. The quantitative estimate of drug-likeness (QED) is 0.844. The Bertz CT molecular complexity index is 462. The molecule has 0 bridgehead atoms. The van der Waals surface area contributed by atoms with Crippen molar-refractivity contribution in [1.29, 1.82) is 0 Å². The number of likely N-dealkylation sites (N-methyl/N-ethyl adjacent to an activating group) is 1. The number of hydrogen-bond donors (Lipinski definition) is 0. The molecule has 0 aliphatic carbocycles. The van der Waals surface area contributed by atoms with Crippen molar-refractivity contribution in [2.75, 3.05) is 26.8 Å². The molecule has 0 unspecified atom stereocenters. The average molecular weight is 270 g/mol. The number of hydrogen-bond acceptors (Lipinski definition) is 3. The van der Waals surface area contributed by atoms with Gasteiger partial charge in [0.2, 0.25) is 5.91 Å². The van der Waals surface area contributed by atoms with Crippen molar-refractivity contribution >= 4 is 17.5 Å². The van der Waals surface area contributed by atoms with Crippen molar-refractivity contribution in [2.24, 2.45) is 0 Å². The molecule has 0 aromatic heterocycles. The fourth-order valence-electron chi connectivity index (χ4n) is 1.75. The van der Waals surface area contributed by atoms with Crippen molar-refractivity contribution in [2.45, 2.75) is 13.3 Å². The highest BCUT2D eigenvalue weighted by molar-refractivity contribution is 6.32. The fourth-order valence-corrected chi connectivity index (χ4v) is 2.04. The number of amides is 1. The summed E-state index contributed by atoms with van der Waals surface area (Å²) in [5, 5.41) is 0.495. The van der Waals surface area contributed by atoms with Gasteiger partial charge in [0.1, 0.15) is 13.2 Å². The molecule has 0 fully saturated rings. The second-order valence-electron chi connectivity index (χ2n) is 4.19. The smallest absolute Gasteiger partial charge is 0.226 e. The molecule has 1 aliphatic rings. The SMILES string of the molecule is CCN(C)C(=O)Cc1cc(Cl)c2c(c1)OCCO2. The van der Waals surface area contributed by atoms with Crippen LogP contribution in [0.1, 0.15) is 12.5 Å². The maximum Gasteiger partial charge on any atom is 0.226 e. The zero-order valence-electron chi connectivity index (χ0n) is 10.5. The largest absolute Gasteiger partial charge is 0.486 e. The van der Waals surface area contributed by atoms with Crippen molar-refractivity contribution in [3.8, 4) is 11.5 Å². The van der Waals surface area contributed by atoms with Gasteiger partial charge < -0.3 is 14.4 Å². The predicted molar refractivity (Wildman–Crippen MR) is 69.5 cm³/mol. The Hall–Kier alpha value is -1.42. The van der Waals surface area contributed by atoms with E-state index >= 15 is 0 Å². The van der Waals surface area contributed by atoms with E-state index < -0.39 is 0 Å². The Morgan fingerprint density at radius 3 is 2.83 bits per heavy atom. The second-order valence-corrected chi connectivity index (χ2v) is 4.59. The Morgan fingerprint density at radius 1 is 1.39 bits per heavy atom. The van der Waals surface area contributed by atoms with E-state index in [9.17, 15) is 4.79 Å². The van der Waals surface area contributed by atoms with Crippen LogP contribution in [0.15, 0.2) is 12.1 Å². The molecule has 1 aromatic carbocycles. The summed E-state index contributed by atoms with van der Waals surface area (Å²) >= 11 is 6.11. The standard InChI is InChI=1S/C13H16ClNO3/c1-3-15(2)12(16)8-9-6-10(14)13-11(7-9)17-4-5-18-13/h6-7H,3-5,8H2,1-2H3. The van der Waals surface area contributed by atoms with Crippen LogP contribution in [0.25, 0.3) is 0 Å². The van der Waals surface area contributed by atoms with Crippen LogP contribution in [0.4, 0.5) is 0 Å². The molecule has 0 N–H and O–H groups in total. The molecule has 0 saturated heterocycles. The van der Waals surface area contributed by atoms with Gasteiger partial charge in [0.05, 0.1) is 11.4 Å². The van der Waals surface area contributed by atoms with Gasteiger partial charge in [-0.3, -0.25) is 4.79 Å². The third-order valence-corrected chi connectivity index (χ3v) is 3.19. The Balaban J connectivity index is 2.19. The molecule has 5 heteroatoms. The number of carbonyl (C=O) groups is 1. The van der Waals surface area contributed by atoms with Crippen LogP contribution >= 0.6 is 11.6 Å². The lowest BCUT2D eigenvalue weighted by atomic mass is 10.1. The van der Waals surface area contributed by atoms with E-state index in [1.807, 2.05) is 13.0 Å². The van der Waals surface area contributed by atoms with Crippen molar-refractivity contribution in [3.05, 3.63) is 22.7 Å². The first-order chi connectivity index (χ1) is 8.61. The molecule has 2 rings (SSSR count). The van der Waals surface area contributed by atoms with Crippen LogP contribution in [-0.4, -0.2) is 37.6 Å². The lowest BCUT2D eigenvalue weighted by molar-refractivity contribution is -0.128. The zero-order valence-corrected chi connectivity index (χ0v) is 11.3. The molecule has 1 aliphatic heterocycles. The Morgan fingerprint density at radius 2 is 2.11 bits per heavy atom. The third kappa shape index (κ3) is 2.70. The van der Waals surface area contributed by atoms with Gasteiger partial charge in [-0.1, -0.05) is 11.6 Å². The van der Waals surface area contributed by atoms with Gasteiger partial charge in [0, 0.05) is 13.6 Å². The summed E-state index contributed by atoms with van der Waals surface area (Å²) < 4.78 is 10.9. The Kier molecular flexibility index (Phi) is 3.97. The van der Waals surface area contributed by atoms with Gasteiger partial charge in [-0.15, -0.1) is 0 Å². The van der Waals surface area contributed by atoms with E-state index in [0.29, 0.717) is 42.7 Å². The highest BCUT2D eigenvalue weighted by atomic mass is 35.5. The first-order valence-electron chi connectivity index (χ1n) is 5.93. The van der Waals surface area contributed by atoms with Gasteiger partial charge in [-0.05, 0) is 24.6 Å². The third-order valence-electron chi connectivity index (χ3n) is 2.91. The highest BCUT2D eigenvalue weighted by Gasteiger charge is 2.18. The molecule has 0 saturated carbocycles. The summed E-state index contributed by atoms with van der Waals surface area (Å²) in [6.45, 7) is 3.64. The van der Waals surface area contributed by atoms with Crippen LogP contribution in [0, 0.1) is 0 Å². The highest BCUT2D eigenvalue weighted by Crippen LogP contribution is 2.38. The summed E-state index contributed by atoms with van der Waals surface area (Å²) in [6.07, 6.45) is 0.320.